The molecule has 4 aromatic rings. The van der Waals surface area contributed by atoms with Crippen LogP contribution in [-0.4, -0.2) is 10.9 Å². The van der Waals surface area contributed by atoms with E-state index in [9.17, 15) is 9.59 Å². The number of rotatable bonds is 3. The van der Waals surface area contributed by atoms with Crippen molar-refractivity contribution in [2.24, 2.45) is 0 Å². The fraction of sp³-hybridized carbons (Fsp3) is 0.174. The second kappa shape index (κ2) is 6.67. The minimum absolute atomic E-state index is 0.104. The first-order chi connectivity index (χ1) is 14.1. The van der Waals surface area contributed by atoms with Crippen LogP contribution in [0.3, 0.4) is 0 Å². The largest absolute Gasteiger partial charge is 0.450 e. The van der Waals surface area contributed by atoms with E-state index < -0.39 is 6.04 Å². The molecule has 1 aliphatic heterocycles. The fourth-order valence-electron chi connectivity index (χ4n) is 3.84. The molecule has 0 N–H and O–H groups in total. The number of benzene rings is 2. The molecule has 1 amide bonds. The van der Waals surface area contributed by atoms with Gasteiger partial charge in [-0.3, -0.25) is 14.5 Å². The Morgan fingerprint density at radius 1 is 1.14 bits per heavy atom. The van der Waals surface area contributed by atoms with E-state index in [0.29, 0.717) is 21.7 Å². The Hall–Kier alpha value is -3.25. The summed E-state index contributed by atoms with van der Waals surface area (Å²) in [6.45, 7) is 4.04. The Morgan fingerprint density at radius 2 is 1.93 bits per heavy atom. The van der Waals surface area contributed by atoms with Crippen molar-refractivity contribution >= 4 is 33.3 Å². The van der Waals surface area contributed by atoms with Crippen LogP contribution in [0, 0.1) is 6.92 Å². The van der Waals surface area contributed by atoms with Crippen LogP contribution < -0.4 is 10.3 Å². The zero-order valence-corrected chi connectivity index (χ0v) is 16.8. The maximum Gasteiger partial charge on any atom is 0.297 e. The van der Waals surface area contributed by atoms with Crippen molar-refractivity contribution in [3.05, 3.63) is 92.3 Å². The molecule has 29 heavy (non-hydrogen) atoms. The van der Waals surface area contributed by atoms with Crippen molar-refractivity contribution in [1.29, 1.82) is 0 Å². The molecular formula is C23H18N2O3S. The average molecular weight is 402 g/mol. The third-order valence-electron chi connectivity index (χ3n) is 5.36. The highest BCUT2D eigenvalue weighted by molar-refractivity contribution is 7.13. The van der Waals surface area contributed by atoms with Crippen molar-refractivity contribution in [1.82, 2.24) is 4.98 Å². The van der Waals surface area contributed by atoms with Crippen LogP contribution in [0.15, 0.2) is 63.3 Å². The van der Waals surface area contributed by atoms with Gasteiger partial charge in [-0.05, 0) is 36.6 Å². The van der Waals surface area contributed by atoms with Crippen molar-refractivity contribution in [3.8, 4) is 0 Å². The third kappa shape index (κ3) is 2.71. The Morgan fingerprint density at radius 3 is 2.62 bits per heavy atom. The molecule has 6 heteroatoms. The number of aromatic nitrogens is 1. The van der Waals surface area contributed by atoms with E-state index >= 15 is 0 Å². The van der Waals surface area contributed by atoms with Crippen LogP contribution in [0.25, 0.3) is 11.0 Å². The summed E-state index contributed by atoms with van der Waals surface area (Å²) < 4.78 is 5.99. The van der Waals surface area contributed by atoms with E-state index in [-0.39, 0.29) is 17.1 Å². The summed E-state index contributed by atoms with van der Waals surface area (Å²) in [5.74, 6) is -0.230. The molecule has 0 aliphatic carbocycles. The minimum atomic E-state index is -0.560. The summed E-state index contributed by atoms with van der Waals surface area (Å²) in [6.07, 6.45) is 2.47. The van der Waals surface area contributed by atoms with Crippen molar-refractivity contribution < 1.29 is 9.21 Å². The number of thiazole rings is 1. The first-order valence-corrected chi connectivity index (χ1v) is 10.4. The van der Waals surface area contributed by atoms with Gasteiger partial charge in [0.15, 0.2) is 10.6 Å². The van der Waals surface area contributed by atoms with Crippen LogP contribution in [0.1, 0.15) is 45.8 Å². The summed E-state index contributed by atoms with van der Waals surface area (Å²) in [6, 6.07) is 12.9. The predicted molar refractivity (Wildman–Crippen MR) is 114 cm³/mol. The van der Waals surface area contributed by atoms with Crippen LogP contribution in [0.5, 0.6) is 0 Å². The molecule has 5 nitrogen and oxygen atoms in total. The number of fused-ring (bicyclic) bond motifs is 2. The Bertz CT molecular complexity index is 1290. The van der Waals surface area contributed by atoms with E-state index in [1.807, 2.05) is 55.6 Å². The molecule has 0 saturated carbocycles. The van der Waals surface area contributed by atoms with E-state index in [4.69, 9.17) is 4.42 Å². The molecule has 0 fully saturated rings. The Labute approximate surface area is 171 Å². The molecule has 0 spiro atoms. The molecule has 1 atom stereocenters. The van der Waals surface area contributed by atoms with Crippen LogP contribution >= 0.6 is 11.3 Å². The summed E-state index contributed by atoms with van der Waals surface area (Å²) in [4.78, 5) is 32.8. The molecular weight excluding hydrogens is 384 g/mol. The van der Waals surface area contributed by atoms with Gasteiger partial charge in [-0.15, -0.1) is 11.3 Å². The zero-order valence-electron chi connectivity index (χ0n) is 16.0. The van der Waals surface area contributed by atoms with Gasteiger partial charge in [-0.2, -0.15) is 0 Å². The van der Waals surface area contributed by atoms with Gasteiger partial charge >= 0.3 is 0 Å². The predicted octanol–water partition coefficient (Wildman–Crippen LogP) is 4.87. The lowest BCUT2D eigenvalue weighted by Crippen LogP contribution is -2.29. The lowest BCUT2D eigenvalue weighted by molar-refractivity contribution is 0.0971. The molecule has 144 valence electrons. The SMILES string of the molecule is CCc1ccc2oc3c(c(=O)c2c1)C(c1ccc(C)cc1)N(c1nccs1)C3=O. The number of nitrogens with zero attached hydrogens (tertiary/aromatic N) is 2. The number of carbonyl (C=O) groups excluding carboxylic acids is 1. The highest BCUT2D eigenvalue weighted by Crippen LogP contribution is 2.41. The molecule has 0 saturated heterocycles. The number of amides is 1. The maximum atomic E-state index is 13.5. The highest BCUT2D eigenvalue weighted by Gasteiger charge is 2.44. The molecule has 0 radical (unpaired) electrons. The number of hydrogen-bond donors (Lipinski definition) is 0. The van der Waals surface area contributed by atoms with E-state index in [1.165, 1.54) is 11.3 Å². The highest BCUT2D eigenvalue weighted by atomic mass is 32.1. The third-order valence-corrected chi connectivity index (χ3v) is 6.13. The standard InChI is InChI=1S/C23H18N2O3S/c1-3-14-6-9-17-16(12-14)20(26)18-19(15-7-4-13(2)5-8-15)25(22(27)21(18)28-17)23-24-10-11-29-23/h4-12,19H,3H2,1-2H3. The van der Waals surface area contributed by atoms with Gasteiger partial charge in [0.05, 0.1) is 17.0 Å². The minimum Gasteiger partial charge on any atom is -0.450 e. The first kappa shape index (κ1) is 17.8. The molecule has 3 heterocycles. The van der Waals surface area contributed by atoms with Gasteiger partial charge in [-0.1, -0.05) is 42.8 Å². The number of hydrogen-bond acceptors (Lipinski definition) is 5. The second-order valence-electron chi connectivity index (χ2n) is 7.16. The molecule has 2 aromatic carbocycles. The summed E-state index contributed by atoms with van der Waals surface area (Å²) in [5.41, 5.74) is 3.68. The number of aryl methyl sites for hydroxylation is 2. The van der Waals surface area contributed by atoms with Crippen molar-refractivity contribution in [2.75, 3.05) is 4.90 Å². The summed E-state index contributed by atoms with van der Waals surface area (Å²) in [7, 11) is 0. The van der Waals surface area contributed by atoms with Crippen molar-refractivity contribution in [3.63, 3.8) is 0 Å². The van der Waals surface area contributed by atoms with Crippen LogP contribution in [-0.2, 0) is 6.42 Å². The summed E-state index contributed by atoms with van der Waals surface area (Å²) in [5, 5.41) is 2.87. The zero-order chi connectivity index (χ0) is 20.1. The topological polar surface area (TPSA) is 63.4 Å². The van der Waals surface area contributed by atoms with E-state index in [0.717, 1.165) is 23.1 Å². The smallest absolute Gasteiger partial charge is 0.297 e. The normalized spacial score (nSPS) is 15.9. The number of anilines is 1. The van der Waals surface area contributed by atoms with Gasteiger partial charge in [0.1, 0.15) is 5.58 Å². The quantitative estimate of drug-likeness (QED) is 0.490. The number of carbonyl (C=O) groups is 1. The average Bonchev–Trinajstić information content (AvgIpc) is 3.35. The lowest BCUT2D eigenvalue weighted by atomic mass is 9.97. The molecule has 5 rings (SSSR count). The fourth-order valence-corrected chi connectivity index (χ4v) is 4.50. The molecule has 2 aromatic heterocycles. The monoisotopic (exact) mass is 402 g/mol. The molecule has 1 aliphatic rings. The van der Waals surface area contributed by atoms with Gasteiger partial charge in [0.25, 0.3) is 5.91 Å². The Balaban J connectivity index is 1.82. The second-order valence-corrected chi connectivity index (χ2v) is 8.03. The van der Waals surface area contributed by atoms with E-state index in [1.54, 1.807) is 17.2 Å². The summed E-state index contributed by atoms with van der Waals surface area (Å²) >= 11 is 1.36. The van der Waals surface area contributed by atoms with Crippen molar-refractivity contribution in [2.45, 2.75) is 26.3 Å². The van der Waals surface area contributed by atoms with Gasteiger partial charge in [0.2, 0.25) is 5.76 Å². The maximum absolute atomic E-state index is 13.5. The Kier molecular flexibility index (Phi) is 4.10. The van der Waals surface area contributed by atoms with Gasteiger partial charge < -0.3 is 4.42 Å². The molecule has 0 bridgehead atoms. The molecule has 1 unspecified atom stereocenters. The first-order valence-electron chi connectivity index (χ1n) is 9.47. The van der Waals surface area contributed by atoms with Crippen LogP contribution in [0.2, 0.25) is 0 Å². The lowest BCUT2D eigenvalue weighted by Gasteiger charge is -2.22. The van der Waals surface area contributed by atoms with Gasteiger partial charge in [0, 0.05) is 11.6 Å². The van der Waals surface area contributed by atoms with Gasteiger partial charge in [-0.25, -0.2) is 4.98 Å². The van der Waals surface area contributed by atoms with E-state index in [2.05, 4.69) is 4.98 Å². The van der Waals surface area contributed by atoms with Crippen LogP contribution in [0.4, 0.5) is 5.13 Å².